The summed E-state index contributed by atoms with van der Waals surface area (Å²) in [6.45, 7) is 9.89. The van der Waals surface area contributed by atoms with E-state index in [1.165, 1.54) is 134 Å². The van der Waals surface area contributed by atoms with E-state index in [0.717, 1.165) is 24.2 Å². The lowest BCUT2D eigenvalue weighted by Gasteiger charge is -2.27. The van der Waals surface area contributed by atoms with Crippen molar-refractivity contribution < 1.29 is 4.74 Å². The van der Waals surface area contributed by atoms with E-state index in [1.807, 2.05) is 17.3 Å². The Labute approximate surface area is 377 Å². The Kier molecular flexibility index (Phi) is 14.3. The van der Waals surface area contributed by atoms with Gasteiger partial charge >= 0.3 is 0 Å². The molecule has 2 aromatic heterocycles. The summed E-state index contributed by atoms with van der Waals surface area (Å²) in [5.74, 6) is 3.30. The number of fused-ring (bicyclic) bond motifs is 4. The standard InChI is InChI=1S/C51H68OS6/c1-6-52-33(4)32(3)28-54-30-44-39-23-9-7-8-22-38(39)43(56-44)27-34-18-10-12-20-36(34)46(53-5)50-42-26-16-17-31(2)45(42)51(58-50)49-41-25-15-14-24-40(41)48(57-49)47-37-21-13-11-19-35(37)29-55-47/h27-29,31,33,37-38,43,47H,6-26,30H2,1-5H3/b32-28-,34-27+,46-36-/t31?,33-,37?,38?,43?,47?/m1/s1. The Balaban J connectivity index is 1.07. The van der Waals surface area contributed by atoms with Gasteiger partial charge in [0.2, 0.25) is 0 Å². The van der Waals surface area contributed by atoms with Crippen LogP contribution in [0.25, 0.3) is 14.7 Å². The number of hydrogen-bond acceptors (Lipinski definition) is 7. The fraction of sp³-hybridized carbons (Fsp3) is 0.647. The highest BCUT2D eigenvalue weighted by Crippen LogP contribution is 2.60. The molecule has 0 aromatic carbocycles. The van der Waals surface area contributed by atoms with Crippen molar-refractivity contribution in [3.8, 4) is 9.75 Å². The van der Waals surface area contributed by atoms with Crippen LogP contribution in [-0.2, 0) is 24.0 Å². The van der Waals surface area contributed by atoms with Gasteiger partial charge in [-0.15, -0.1) is 69.7 Å². The molecule has 0 saturated heterocycles. The van der Waals surface area contributed by atoms with Crippen LogP contribution in [0.2, 0.25) is 0 Å². The summed E-state index contributed by atoms with van der Waals surface area (Å²) >= 11 is 13.1. The van der Waals surface area contributed by atoms with Crippen LogP contribution < -0.4 is 0 Å². The third-order valence-corrected chi connectivity index (χ3v) is 22.6. The Hall–Kier alpha value is -0.540. The molecule has 314 valence electrons. The van der Waals surface area contributed by atoms with E-state index in [0.29, 0.717) is 16.4 Å². The highest BCUT2D eigenvalue weighted by molar-refractivity contribution is 8.08. The van der Waals surface area contributed by atoms with Crippen molar-refractivity contribution in [3.63, 3.8) is 0 Å². The monoisotopic (exact) mass is 888 g/mol. The number of rotatable bonds is 11. The summed E-state index contributed by atoms with van der Waals surface area (Å²) in [6, 6.07) is 0. The average Bonchev–Trinajstić information content (AvgIpc) is 3.97. The second-order valence-corrected chi connectivity index (χ2v) is 24.5. The molecule has 1 nitrogen and oxygen atoms in total. The van der Waals surface area contributed by atoms with Gasteiger partial charge in [0.05, 0.1) is 11.4 Å². The second kappa shape index (κ2) is 19.5. The molecule has 5 aliphatic carbocycles. The molecule has 0 bridgehead atoms. The van der Waals surface area contributed by atoms with Crippen LogP contribution in [0.1, 0.15) is 180 Å². The lowest BCUT2D eigenvalue weighted by Crippen LogP contribution is -2.14. The van der Waals surface area contributed by atoms with Crippen LogP contribution in [0, 0.1) is 11.8 Å². The molecule has 2 aliphatic heterocycles. The van der Waals surface area contributed by atoms with Gasteiger partial charge in [-0.1, -0.05) is 43.4 Å². The second-order valence-electron chi connectivity index (χ2n) is 18.4. The molecule has 7 heteroatoms. The number of thioether (sulfide) groups is 4. The largest absolute Gasteiger partial charge is 0.374 e. The fourth-order valence-electron chi connectivity index (χ4n) is 11.6. The topological polar surface area (TPSA) is 9.23 Å². The minimum atomic E-state index is 0.205. The van der Waals surface area contributed by atoms with E-state index in [9.17, 15) is 0 Å². The predicted octanol–water partition coefficient (Wildman–Crippen LogP) is 17.2. The number of thiophene rings is 2. The Morgan fingerprint density at radius 2 is 1.59 bits per heavy atom. The molecule has 0 spiro atoms. The SMILES string of the molecule is CCO[C@H](C)/C(C)=C\SCC1=C2CCCCCC2C(/C=C2\CCCC\C2=C(\SC)c2sc(-c3sc(C4SC=C5CCCCC54)c4c3CCCC4)c3c2CCCC3C)S1. The van der Waals surface area contributed by atoms with E-state index in [2.05, 4.69) is 109 Å². The molecule has 7 aliphatic rings. The van der Waals surface area contributed by atoms with E-state index in [1.54, 1.807) is 68.3 Å². The summed E-state index contributed by atoms with van der Waals surface area (Å²) in [4.78, 5) is 10.2. The van der Waals surface area contributed by atoms with Crippen molar-refractivity contribution in [1.82, 2.24) is 0 Å². The Morgan fingerprint density at radius 3 is 2.45 bits per heavy atom. The minimum Gasteiger partial charge on any atom is -0.374 e. The van der Waals surface area contributed by atoms with Crippen molar-refractivity contribution in [3.05, 3.63) is 81.7 Å². The average molecular weight is 890 g/mol. The number of allylic oxidation sites excluding steroid dienone is 4. The summed E-state index contributed by atoms with van der Waals surface area (Å²) < 4.78 is 5.90. The molecule has 0 radical (unpaired) electrons. The van der Waals surface area contributed by atoms with E-state index in [4.69, 9.17) is 4.74 Å². The van der Waals surface area contributed by atoms with Crippen molar-refractivity contribution in [2.24, 2.45) is 11.8 Å². The first-order valence-electron chi connectivity index (χ1n) is 23.4. The molecular weight excluding hydrogens is 821 g/mol. The third-order valence-electron chi connectivity index (χ3n) is 14.8. The molecule has 4 heterocycles. The zero-order chi connectivity index (χ0) is 39.8. The van der Waals surface area contributed by atoms with Gasteiger partial charge in [0.1, 0.15) is 0 Å². The Morgan fingerprint density at radius 1 is 0.828 bits per heavy atom. The maximum Gasteiger partial charge on any atom is 0.0761 e. The maximum atomic E-state index is 5.90. The van der Waals surface area contributed by atoms with E-state index in [-0.39, 0.29) is 6.10 Å². The summed E-state index contributed by atoms with van der Waals surface area (Å²) in [7, 11) is 0. The highest BCUT2D eigenvalue weighted by atomic mass is 32.2. The molecule has 2 aromatic rings. The maximum absolute atomic E-state index is 5.90. The molecule has 5 unspecified atom stereocenters. The van der Waals surface area contributed by atoms with Gasteiger partial charge in [-0.25, -0.2) is 0 Å². The molecular formula is C51H68OS6. The smallest absolute Gasteiger partial charge is 0.0761 e. The third kappa shape index (κ3) is 8.58. The van der Waals surface area contributed by atoms with Gasteiger partial charge in [-0.05, 0) is 209 Å². The van der Waals surface area contributed by atoms with Gasteiger partial charge < -0.3 is 4.74 Å². The van der Waals surface area contributed by atoms with Crippen molar-refractivity contribution in [2.75, 3.05) is 18.6 Å². The number of hydrogen-bond donors (Lipinski definition) is 0. The van der Waals surface area contributed by atoms with Crippen LogP contribution in [0.3, 0.4) is 0 Å². The van der Waals surface area contributed by atoms with Crippen LogP contribution in [0.4, 0.5) is 0 Å². The van der Waals surface area contributed by atoms with Crippen molar-refractivity contribution in [1.29, 1.82) is 0 Å². The summed E-state index contributed by atoms with van der Waals surface area (Å²) in [5, 5.41) is 6.26. The fourth-order valence-corrected chi connectivity index (χ4v) is 20.3. The van der Waals surface area contributed by atoms with Crippen LogP contribution in [-0.4, -0.2) is 30.0 Å². The zero-order valence-corrected chi connectivity index (χ0v) is 41.0. The van der Waals surface area contributed by atoms with E-state index >= 15 is 0 Å². The van der Waals surface area contributed by atoms with Crippen LogP contribution in [0.5, 0.6) is 0 Å². The molecule has 0 amide bonds. The highest BCUT2D eigenvalue weighted by Gasteiger charge is 2.40. The zero-order valence-electron chi connectivity index (χ0n) is 36.1. The first-order valence-corrected chi connectivity index (χ1v) is 29.1. The molecule has 58 heavy (non-hydrogen) atoms. The molecule has 3 fully saturated rings. The number of ether oxygens (including phenoxy) is 1. The molecule has 3 saturated carbocycles. The lowest BCUT2D eigenvalue weighted by molar-refractivity contribution is 0.102. The first kappa shape index (κ1) is 42.7. The van der Waals surface area contributed by atoms with Gasteiger partial charge in [0, 0.05) is 42.0 Å². The predicted molar refractivity (Wildman–Crippen MR) is 265 cm³/mol. The van der Waals surface area contributed by atoms with Crippen molar-refractivity contribution in [2.45, 2.75) is 179 Å². The Bertz CT molecular complexity index is 1980. The van der Waals surface area contributed by atoms with Gasteiger partial charge in [0.15, 0.2) is 0 Å². The molecule has 9 rings (SSSR count). The van der Waals surface area contributed by atoms with Gasteiger partial charge in [0.25, 0.3) is 0 Å². The summed E-state index contributed by atoms with van der Waals surface area (Å²) in [6.07, 6.45) is 32.4. The normalized spacial score (nSPS) is 29.8. The molecule has 0 N–H and O–H groups in total. The van der Waals surface area contributed by atoms with Gasteiger partial charge in [-0.2, -0.15) is 0 Å². The molecule has 6 atom stereocenters. The minimum absolute atomic E-state index is 0.205. The summed E-state index contributed by atoms with van der Waals surface area (Å²) in [5.41, 5.74) is 15.5. The first-order chi connectivity index (χ1) is 28.4. The van der Waals surface area contributed by atoms with E-state index < -0.39 is 0 Å². The quantitative estimate of drug-likeness (QED) is 0.222. The van der Waals surface area contributed by atoms with Crippen LogP contribution >= 0.6 is 69.7 Å². The lowest BCUT2D eigenvalue weighted by atomic mass is 9.80. The van der Waals surface area contributed by atoms with Gasteiger partial charge in [-0.3, -0.25) is 0 Å². The van der Waals surface area contributed by atoms with Crippen molar-refractivity contribution >= 4 is 74.6 Å². The van der Waals surface area contributed by atoms with Crippen LogP contribution in [0.15, 0.2) is 49.7 Å².